The van der Waals surface area contributed by atoms with Crippen molar-refractivity contribution < 1.29 is 38.4 Å². The number of allylic oxidation sites excluding steroid dienone is 1. The SMILES string of the molecule is COC(C)CN[C@@](C)(CO[C@H]1[C@H](OC(C)=O)C[C@@]23COC[C@]1(C)[C@@H]2CC[C@H]1C3=CC(=O)[C@@]2(C)[C@H](C(=O)O)[C@@](C)([C@H](C)C(C)C)CC[C@]12C)C(C)C. The molecule has 2 bridgehead atoms. The largest absolute Gasteiger partial charge is 0.481 e. The van der Waals surface area contributed by atoms with E-state index < -0.39 is 51.2 Å². The molecule has 0 amide bonds. The number of esters is 1. The van der Waals surface area contributed by atoms with Gasteiger partial charge in [0.2, 0.25) is 0 Å². The number of fused-ring (bicyclic) bond motifs is 3. The van der Waals surface area contributed by atoms with Gasteiger partial charge < -0.3 is 29.4 Å². The summed E-state index contributed by atoms with van der Waals surface area (Å²) in [7, 11) is 1.71. The number of carboxylic acid groups (broad SMARTS) is 1. The highest BCUT2D eigenvalue weighted by Gasteiger charge is 2.74. The first-order valence-corrected chi connectivity index (χ1v) is 19.7. The molecule has 0 aromatic carbocycles. The van der Waals surface area contributed by atoms with Crippen LogP contribution in [0.25, 0.3) is 0 Å². The van der Waals surface area contributed by atoms with Gasteiger partial charge in [0.25, 0.3) is 0 Å². The second-order valence-corrected chi connectivity index (χ2v) is 19.3. The van der Waals surface area contributed by atoms with Crippen molar-refractivity contribution in [1.82, 2.24) is 5.32 Å². The Morgan fingerprint density at radius 2 is 1.73 bits per heavy atom. The number of carboxylic acids is 1. The van der Waals surface area contributed by atoms with Crippen molar-refractivity contribution in [2.45, 2.75) is 139 Å². The predicted octanol–water partition coefficient (Wildman–Crippen LogP) is 7.11. The van der Waals surface area contributed by atoms with E-state index in [4.69, 9.17) is 18.9 Å². The number of carbonyl (C=O) groups excluding carboxylic acids is 2. The number of hydrogen-bond donors (Lipinski definition) is 2. The molecular formula is C42H69NO8. The van der Waals surface area contributed by atoms with Crippen molar-refractivity contribution in [2.24, 2.45) is 62.6 Å². The van der Waals surface area contributed by atoms with E-state index >= 15 is 0 Å². The lowest BCUT2D eigenvalue weighted by molar-refractivity contribution is -0.268. The second-order valence-electron chi connectivity index (χ2n) is 19.3. The van der Waals surface area contributed by atoms with Crippen molar-refractivity contribution in [3.63, 3.8) is 0 Å². The first kappa shape index (κ1) is 40.4. The summed E-state index contributed by atoms with van der Waals surface area (Å²) >= 11 is 0. The Kier molecular flexibility index (Phi) is 10.9. The molecule has 51 heavy (non-hydrogen) atoms. The van der Waals surface area contributed by atoms with Gasteiger partial charge in [-0.3, -0.25) is 14.4 Å². The van der Waals surface area contributed by atoms with E-state index in [-0.39, 0.29) is 47.1 Å². The van der Waals surface area contributed by atoms with E-state index in [1.54, 1.807) is 7.11 Å². The summed E-state index contributed by atoms with van der Waals surface area (Å²) in [5.41, 5.74) is -2.39. The molecule has 1 aliphatic heterocycles. The third-order valence-corrected chi connectivity index (χ3v) is 16.3. The van der Waals surface area contributed by atoms with Crippen LogP contribution >= 0.6 is 0 Å². The van der Waals surface area contributed by atoms with Crippen LogP contribution in [0.15, 0.2) is 11.6 Å². The number of rotatable bonds is 12. The minimum atomic E-state index is -1.06. The number of hydrogen-bond acceptors (Lipinski definition) is 8. The van der Waals surface area contributed by atoms with Gasteiger partial charge in [0.05, 0.1) is 31.8 Å². The van der Waals surface area contributed by atoms with Crippen LogP contribution in [0.2, 0.25) is 0 Å². The Morgan fingerprint density at radius 1 is 1.06 bits per heavy atom. The Morgan fingerprint density at radius 3 is 2.29 bits per heavy atom. The van der Waals surface area contributed by atoms with Crippen LogP contribution in [-0.4, -0.2) is 80.2 Å². The summed E-state index contributed by atoms with van der Waals surface area (Å²) in [6.45, 7) is 27.1. The van der Waals surface area contributed by atoms with Gasteiger partial charge in [-0.05, 0) is 92.4 Å². The molecule has 1 unspecified atom stereocenters. The first-order valence-electron chi connectivity index (χ1n) is 19.7. The predicted molar refractivity (Wildman–Crippen MR) is 197 cm³/mol. The van der Waals surface area contributed by atoms with Gasteiger partial charge in [0, 0.05) is 42.4 Å². The van der Waals surface area contributed by atoms with Crippen LogP contribution in [0.4, 0.5) is 0 Å². The van der Waals surface area contributed by atoms with Gasteiger partial charge in [-0.15, -0.1) is 0 Å². The van der Waals surface area contributed by atoms with Crippen LogP contribution in [0, 0.1) is 62.6 Å². The van der Waals surface area contributed by atoms with Crippen LogP contribution in [0.1, 0.15) is 115 Å². The fourth-order valence-electron chi connectivity index (χ4n) is 12.1. The number of nitrogens with one attached hydrogen (secondary N) is 1. The van der Waals surface area contributed by atoms with E-state index in [2.05, 4.69) is 67.6 Å². The second kappa shape index (κ2) is 13.8. The summed E-state index contributed by atoms with van der Waals surface area (Å²) in [4.78, 5) is 41.1. The molecule has 9 heteroatoms. The first-order chi connectivity index (χ1) is 23.6. The average molecular weight is 716 g/mol. The lowest BCUT2D eigenvalue weighted by Crippen LogP contribution is -2.71. The molecule has 5 rings (SSSR count). The monoisotopic (exact) mass is 716 g/mol. The zero-order chi connectivity index (χ0) is 38.1. The highest BCUT2D eigenvalue weighted by Crippen LogP contribution is 2.74. The van der Waals surface area contributed by atoms with E-state index in [1.807, 2.05) is 19.9 Å². The normalized spacial score (nSPS) is 42.9. The van der Waals surface area contributed by atoms with E-state index in [0.29, 0.717) is 38.7 Å². The van der Waals surface area contributed by atoms with E-state index in [0.717, 1.165) is 31.3 Å². The van der Waals surface area contributed by atoms with Crippen molar-refractivity contribution in [1.29, 1.82) is 0 Å². The molecule has 5 aliphatic rings. The molecule has 1 heterocycles. The Hall–Kier alpha value is -1.81. The van der Waals surface area contributed by atoms with Gasteiger partial charge in [-0.2, -0.15) is 0 Å². The number of methoxy groups -OCH3 is 1. The Labute approximate surface area is 307 Å². The molecule has 0 aromatic rings. The maximum Gasteiger partial charge on any atom is 0.308 e. The van der Waals surface area contributed by atoms with Crippen LogP contribution in [0.5, 0.6) is 0 Å². The zero-order valence-electron chi connectivity index (χ0n) is 33.9. The molecule has 290 valence electrons. The summed E-state index contributed by atoms with van der Waals surface area (Å²) < 4.78 is 25.3. The molecule has 9 nitrogen and oxygen atoms in total. The van der Waals surface area contributed by atoms with Gasteiger partial charge in [0.15, 0.2) is 5.78 Å². The van der Waals surface area contributed by atoms with Crippen LogP contribution < -0.4 is 5.32 Å². The van der Waals surface area contributed by atoms with Crippen molar-refractivity contribution >= 4 is 17.7 Å². The third kappa shape index (κ3) is 6.07. The van der Waals surface area contributed by atoms with Crippen molar-refractivity contribution in [3.8, 4) is 0 Å². The fraction of sp³-hybridized carbons (Fsp3) is 0.881. The summed E-state index contributed by atoms with van der Waals surface area (Å²) in [5.74, 6) is -1.23. The highest BCUT2D eigenvalue weighted by molar-refractivity contribution is 6.00. The van der Waals surface area contributed by atoms with Gasteiger partial charge >= 0.3 is 11.9 Å². The minimum Gasteiger partial charge on any atom is -0.481 e. The van der Waals surface area contributed by atoms with Crippen LogP contribution in [0.3, 0.4) is 0 Å². The van der Waals surface area contributed by atoms with E-state index in [1.165, 1.54) is 6.92 Å². The zero-order valence-corrected chi connectivity index (χ0v) is 33.9. The quantitative estimate of drug-likeness (QED) is 0.204. The number of ether oxygens (including phenoxy) is 4. The molecule has 13 atom stereocenters. The minimum absolute atomic E-state index is 0.0230. The molecule has 3 saturated carbocycles. The topological polar surface area (TPSA) is 120 Å². The maximum atomic E-state index is 14.9. The molecule has 0 radical (unpaired) electrons. The van der Waals surface area contributed by atoms with Crippen molar-refractivity contribution in [2.75, 3.05) is 33.5 Å². The standard InChI is InChI=1S/C42H69NO8/c1-24(2)27(6)37(8)16-17-39(10)29-14-15-32-38(9)21-49-23-42(32,30(29)18-33(45)41(39,12)34(37)36(46)47)19-31(51-28(7)44)35(38)50-22-40(11,25(3)4)43-20-26(5)48-13/h18,24-27,29,31-32,34-35,43H,14-17,19-23H2,1-13H3,(H,46,47)/t26?,27-,29+,31-,32+,34-,35+,37-,38-,39-,40+,41+,42+/m1/s1. The number of ketones is 1. The fourth-order valence-corrected chi connectivity index (χ4v) is 12.1. The lowest BCUT2D eigenvalue weighted by Gasteiger charge is -2.70. The summed E-state index contributed by atoms with van der Waals surface area (Å²) in [5, 5.41) is 14.7. The summed E-state index contributed by atoms with van der Waals surface area (Å²) in [6.07, 6.45) is 4.83. The Balaban J connectivity index is 1.56. The van der Waals surface area contributed by atoms with E-state index in [9.17, 15) is 19.5 Å². The van der Waals surface area contributed by atoms with Gasteiger partial charge in [-0.25, -0.2) is 0 Å². The molecule has 0 aromatic heterocycles. The molecular weight excluding hydrogens is 646 g/mol. The lowest BCUT2D eigenvalue weighted by atomic mass is 9.34. The molecule has 2 N–H and O–H groups in total. The van der Waals surface area contributed by atoms with Crippen molar-refractivity contribution in [3.05, 3.63) is 11.6 Å². The maximum absolute atomic E-state index is 14.9. The van der Waals surface area contributed by atoms with Crippen LogP contribution in [-0.2, 0) is 33.3 Å². The Bertz CT molecular complexity index is 1390. The molecule has 1 saturated heterocycles. The average Bonchev–Trinajstić information content (AvgIpc) is 3.04. The van der Waals surface area contributed by atoms with Gasteiger partial charge in [-0.1, -0.05) is 67.9 Å². The number of carbonyl (C=O) groups is 3. The number of aliphatic carboxylic acids is 1. The molecule has 4 fully saturated rings. The third-order valence-electron chi connectivity index (χ3n) is 16.3. The molecule has 4 aliphatic carbocycles. The highest BCUT2D eigenvalue weighted by atomic mass is 16.6. The van der Waals surface area contributed by atoms with Gasteiger partial charge in [0.1, 0.15) is 12.2 Å². The summed E-state index contributed by atoms with van der Waals surface area (Å²) in [6, 6.07) is 0. The smallest absolute Gasteiger partial charge is 0.308 e. The molecule has 0 spiro atoms.